The first-order chi connectivity index (χ1) is 13.0. The molecule has 154 valence electrons. The van der Waals surface area contributed by atoms with Gasteiger partial charge in [0.15, 0.2) is 0 Å². The van der Waals surface area contributed by atoms with Gasteiger partial charge >= 0.3 is 0 Å². The van der Waals surface area contributed by atoms with Crippen LogP contribution in [0.1, 0.15) is 24.8 Å². The number of benzene rings is 2. The fraction of sp³-hybridized carbons (Fsp3) is 0.400. The van der Waals surface area contributed by atoms with Gasteiger partial charge in [-0.25, -0.2) is 17.5 Å². The van der Waals surface area contributed by atoms with E-state index in [2.05, 4.69) is 16.1 Å². The molecule has 0 aliphatic carbocycles. The van der Waals surface area contributed by atoms with E-state index < -0.39 is 15.8 Å². The van der Waals surface area contributed by atoms with Crippen LogP contribution in [0, 0.1) is 5.82 Å². The van der Waals surface area contributed by atoms with Crippen molar-refractivity contribution in [2.45, 2.75) is 36.7 Å². The monoisotopic (exact) mass is 428 g/mol. The Morgan fingerprint density at radius 1 is 1.04 bits per heavy atom. The highest BCUT2D eigenvalue weighted by molar-refractivity contribution is 7.89. The maximum atomic E-state index is 12.9. The predicted octanol–water partition coefficient (Wildman–Crippen LogP) is 3.29. The summed E-state index contributed by atoms with van der Waals surface area (Å²) in [5, 5.41) is 3.38. The highest BCUT2D eigenvalue weighted by Crippen LogP contribution is 2.26. The predicted molar refractivity (Wildman–Crippen MR) is 110 cm³/mol. The number of nitrogens with one attached hydrogen (secondary N) is 2. The quantitative estimate of drug-likeness (QED) is 0.601. The van der Waals surface area contributed by atoms with E-state index in [-0.39, 0.29) is 23.4 Å². The molecule has 1 aliphatic heterocycles. The molecule has 0 radical (unpaired) electrons. The Bertz CT molecular complexity index is 847. The average Bonchev–Trinajstić information content (AvgIpc) is 2.67. The minimum atomic E-state index is -3.57. The first-order valence-corrected chi connectivity index (χ1v) is 10.7. The Balaban J connectivity index is 0.00000280. The van der Waals surface area contributed by atoms with Crippen molar-refractivity contribution >= 4 is 22.4 Å². The lowest BCUT2D eigenvalue weighted by molar-refractivity contribution is 0.170. The van der Waals surface area contributed by atoms with Gasteiger partial charge in [-0.1, -0.05) is 18.2 Å². The third-order valence-corrected chi connectivity index (χ3v) is 6.05. The summed E-state index contributed by atoms with van der Waals surface area (Å²) in [7, 11) is -3.57. The van der Waals surface area contributed by atoms with E-state index >= 15 is 0 Å². The SMILES string of the molecule is Cl.O=S(=O)(NCCCCNCC1CCc2ccccc2O1)c1ccc(F)cc1. The van der Waals surface area contributed by atoms with Gasteiger partial charge in [0.2, 0.25) is 10.0 Å². The van der Waals surface area contributed by atoms with Gasteiger partial charge in [0.05, 0.1) is 4.90 Å². The second-order valence-electron chi connectivity index (χ2n) is 6.65. The van der Waals surface area contributed by atoms with Crippen molar-refractivity contribution in [1.82, 2.24) is 10.0 Å². The molecular formula is C20H26ClFN2O3S. The van der Waals surface area contributed by atoms with E-state index in [0.717, 1.165) is 56.7 Å². The van der Waals surface area contributed by atoms with Gasteiger partial charge in [-0.3, -0.25) is 0 Å². The normalized spacial score (nSPS) is 16.0. The molecule has 2 aromatic rings. The number of sulfonamides is 1. The summed E-state index contributed by atoms with van der Waals surface area (Å²) in [4.78, 5) is 0.0803. The fourth-order valence-electron chi connectivity index (χ4n) is 3.07. The Morgan fingerprint density at radius 3 is 2.54 bits per heavy atom. The number of para-hydroxylation sites is 1. The summed E-state index contributed by atoms with van der Waals surface area (Å²) in [6.07, 6.45) is 3.79. The van der Waals surface area contributed by atoms with Crippen molar-refractivity contribution < 1.29 is 17.5 Å². The molecule has 5 nitrogen and oxygen atoms in total. The van der Waals surface area contributed by atoms with Crippen LogP contribution in [-0.2, 0) is 16.4 Å². The van der Waals surface area contributed by atoms with Gasteiger partial charge in [-0.15, -0.1) is 12.4 Å². The Morgan fingerprint density at radius 2 is 1.75 bits per heavy atom. The van der Waals surface area contributed by atoms with Gasteiger partial charge in [0, 0.05) is 13.1 Å². The van der Waals surface area contributed by atoms with Crippen molar-refractivity contribution in [2.24, 2.45) is 0 Å². The summed E-state index contributed by atoms with van der Waals surface area (Å²) in [6, 6.07) is 12.9. The Hall–Kier alpha value is -1.67. The smallest absolute Gasteiger partial charge is 0.240 e. The van der Waals surface area contributed by atoms with E-state index in [1.807, 2.05) is 18.2 Å². The maximum Gasteiger partial charge on any atom is 0.240 e. The molecule has 1 aliphatic rings. The van der Waals surface area contributed by atoms with Crippen LogP contribution in [0.2, 0.25) is 0 Å². The summed E-state index contributed by atoms with van der Waals surface area (Å²) in [6.45, 7) is 1.95. The number of aryl methyl sites for hydroxylation is 1. The molecule has 1 unspecified atom stereocenters. The van der Waals surface area contributed by atoms with Gasteiger partial charge in [-0.05, 0) is 68.1 Å². The van der Waals surface area contributed by atoms with Crippen LogP contribution in [0.5, 0.6) is 5.75 Å². The van der Waals surface area contributed by atoms with Gasteiger partial charge < -0.3 is 10.1 Å². The van der Waals surface area contributed by atoms with Crippen molar-refractivity contribution in [2.75, 3.05) is 19.6 Å². The lowest BCUT2D eigenvalue weighted by Gasteiger charge is -2.26. The maximum absolute atomic E-state index is 12.9. The van der Waals surface area contributed by atoms with Crippen LogP contribution < -0.4 is 14.8 Å². The third-order valence-electron chi connectivity index (χ3n) is 4.57. The molecule has 0 saturated carbocycles. The van der Waals surface area contributed by atoms with Crippen LogP contribution in [0.4, 0.5) is 4.39 Å². The van der Waals surface area contributed by atoms with Crippen molar-refractivity contribution in [3.63, 3.8) is 0 Å². The van der Waals surface area contributed by atoms with Gasteiger partial charge in [0.1, 0.15) is 17.7 Å². The highest BCUT2D eigenvalue weighted by atomic mass is 35.5. The zero-order chi connectivity index (χ0) is 19.1. The molecule has 0 aromatic heterocycles. The largest absolute Gasteiger partial charge is 0.489 e. The second-order valence-corrected chi connectivity index (χ2v) is 8.42. The number of unbranched alkanes of at least 4 members (excludes halogenated alkanes) is 1. The first kappa shape index (κ1) is 22.6. The number of rotatable bonds is 9. The van der Waals surface area contributed by atoms with E-state index in [4.69, 9.17) is 4.74 Å². The summed E-state index contributed by atoms with van der Waals surface area (Å²) in [5.41, 5.74) is 1.27. The molecule has 0 spiro atoms. The molecule has 1 heterocycles. The van der Waals surface area contributed by atoms with E-state index in [1.165, 1.54) is 17.7 Å². The minimum absolute atomic E-state index is 0. The van der Waals surface area contributed by atoms with E-state index in [1.54, 1.807) is 0 Å². The number of fused-ring (bicyclic) bond motifs is 1. The molecule has 2 aromatic carbocycles. The molecule has 0 saturated heterocycles. The van der Waals surface area contributed by atoms with Crippen LogP contribution in [-0.4, -0.2) is 34.2 Å². The zero-order valence-corrected chi connectivity index (χ0v) is 17.2. The number of halogens is 2. The topological polar surface area (TPSA) is 67.4 Å². The number of hydrogen-bond donors (Lipinski definition) is 2. The summed E-state index contributed by atoms with van der Waals surface area (Å²) >= 11 is 0. The van der Waals surface area contributed by atoms with Crippen molar-refractivity contribution in [3.05, 3.63) is 59.9 Å². The molecule has 8 heteroatoms. The van der Waals surface area contributed by atoms with Gasteiger partial charge in [0.25, 0.3) is 0 Å². The number of ether oxygens (including phenoxy) is 1. The van der Waals surface area contributed by atoms with Crippen molar-refractivity contribution in [1.29, 1.82) is 0 Å². The fourth-order valence-corrected chi connectivity index (χ4v) is 4.14. The molecule has 1 atom stereocenters. The van der Waals surface area contributed by atoms with Gasteiger partial charge in [-0.2, -0.15) is 0 Å². The average molecular weight is 429 g/mol. The Labute approximate surface area is 172 Å². The molecule has 0 fully saturated rings. The summed E-state index contributed by atoms with van der Waals surface area (Å²) < 4.78 is 45.5. The zero-order valence-electron chi connectivity index (χ0n) is 15.6. The molecule has 2 N–H and O–H groups in total. The van der Waals surface area contributed by atoms with Crippen LogP contribution >= 0.6 is 12.4 Å². The second kappa shape index (κ2) is 10.8. The van der Waals surface area contributed by atoms with Crippen molar-refractivity contribution in [3.8, 4) is 5.75 Å². The molecule has 28 heavy (non-hydrogen) atoms. The van der Waals surface area contributed by atoms with Crippen LogP contribution in [0.15, 0.2) is 53.4 Å². The lowest BCUT2D eigenvalue weighted by Crippen LogP contribution is -2.34. The standard InChI is InChI=1S/C20H25FN2O3S.ClH/c21-17-8-11-19(12-9-17)27(24,25)23-14-4-3-13-22-15-18-10-7-16-5-1-2-6-20(16)26-18;/h1-2,5-6,8-9,11-12,18,22-23H,3-4,7,10,13-15H2;1H. The molecular weight excluding hydrogens is 403 g/mol. The summed E-state index contributed by atoms with van der Waals surface area (Å²) in [5.74, 6) is 0.524. The van der Waals surface area contributed by atoms with Crippen LogP contribution in [0.3, 0.4) is 0 Å². The first-order valence-electron chi connectivity index (χ1n) is 9.25. The third kappa shape index (κ3) is 6.44. The van der Waals surface area contributed by atoms with E-state index in [9.17, 15) is 12.8 Å². The number of hydrogen-bond acceptors (Lipinski definition) is 4. The lowest BCUT2D eigenvalue weighted by atomic mass is 10.0. The highest BCUT2D eigenvalue weighted by Gasteiger charge is 2.18. The molecule has 0 amide bonds. The minimum Gasteiger partial charge on any atom is -0.489 e. The Kier molecular flexibility index (Phi) is 8.69. The van der Waals surface area contributed by atoms with E-state index in [0.29, 0.717) is 6.54 Å². The molecule has 3 rings (SSSR count). The molecule has 0 bridgehead atoms. The van der Waals surface area contributed by atoms with Crippen LogP contribution in [0.25, 0.3) is 0 Å².